The maximum absolute atomic E-state index is 13.6. The average Bonchev–Trinajstić information content (AvgIpc) is 2.79. The Kier molecular flexibility index (Phi) is 7.59. The number of ether oxygens (including phenoxy) is 2. The minimum absolute atomic E-state index is 0.0302. The molecule has 0 unspecified atom stereocenters. The number of para-hydroxylation sites is 1. The fourth-order valence-electron chi connectivity index (χ4n) is 3.45. The molecule has 31 heavy (non-hydrogen) atoms. The van der Waals surface area contributed by atoms with Gasteiger partial charge in [0, 0.05) is 11.6 Å². The van der Waals surface area contributed by atoms with Gasteiger partial charge in [-0.1, -0.05) is 31.4 Å². The molecule has 2 aromatic carbocycles. The predicted octanol–water partition coefficient (Wildman–Crippen LogP) is 3.48. The van der Waals surface area contributed by atoms with E-state index in [0.717, 1.165) is 32.1 Å². The highest BCUT2D eigenvalue weighted by Gasteiger charge is 2.23. The summed E-state index contributed by atoms with van der Waals surface area (Å²) in [5, 5.41) is 5.21. The van der Waals surface area contributed by atoms with Crippen LogP contribution in [0.1, 0.15) is 42.5 Å². The number of amides is 2. The highest BCUT2D eigenvalue weighted by Crippen LogP contribution is 2.28. The third kappa shape index (κ3) is 6.04. The molecule has 7 nitrogen and oxygen atoms in total. The Balaban J connectivity index is 1.60. The van der Waals surface area contributed by atoms with E-state index < -0.39 is 23.4 Å². The summed E-state index contributed by atoms with van der Waals surface area (Å²) < 4.78 is 24.3. The molecule has 164 valence electrons. The van der Waals surface area contributed by atoms with Crippen molar-refractivity contribution in [1.29, 1.82) is 0 Å². The zero-order valence-corrected chi connectivity index (χ0v) is 17.3. The number of benzene rings is 2. The molecule has 3 rings (SSSR count). The summed E-state index contributed by atoms with van der Waals surface area (Å²) in [5.41, 5.74) is 0.210. The van der Waals surface area contributed by atoms with E-state index in [9.17, 15) is 18.8 Å². The Labute approximate surface area is 179 Å². The number of halogens is 1. The second kappa shape index (κ2) is 10.6. The van der Waals surface area contributed by atoms with Crippen LogP contribution < -0.4 is 20.1 Å². The molecular weight excluding hydrogens is 403 g/mol. The number of carbonyl (C=O) groups is 3. The minimum Gasteiger partial charge on any atom is -0.493 e. The number of Topliss-reactive ketones (excluding diaryl/α,β-unsaturated/α-hetero) is 1. The molecule has 1 aliphatic carbocycles. The molecule has 1 fully saturated rings. The van der Waals surface area contributed by atoms with E-state index in [1.165, 1.54) is 43.5 Å². The van der Waals surface area contributed by atoms with E-state index in [0.29, 0.717) is 0 Å². The summed E-state index contributed by atoms with van der Waals surface area (Å²) in [4.78, 5) is 36.8. The molecule has 8 heteroatoms. The molecule has 2 aromatic rings. The number of anilines is 1. The molecule has 1 saturated carbocycles. The maximum Gasteiger partial charge on any atom is 0.292 e. The van der Waals surface area contributed by atoms with Crippen LogP contribution in [0.2, 0.25) is 0 Å². The van der Waals surface area contributed by atoms with Crippen LogP contribution in [0.4, 0.5) is 10.1 Å². The van der Waals surface area contributed by atoms with E-state index in [-0.39, 0.29) is 35.4 Å². The lowest BCUT2D eigenvalue weighted by molar-refractivity contribution is -0.118. The Bertz CT molecular complexity index is 957. The van der Waals surface area contributed by atoms with Crippen molar-refractivity contribution in [3.05, 3.63) is 53.8 Å². The van der Waals surface area contributed by atoms with Gasteiger partial charge in [0.1, 0.15) is 5.82 Å². The molecule has 1 aliphatic rings. The van der Waals surface area contributed by atoms with Crippen molar-refractivity contribution in [2.45, 2.75) is 38.1 Å². The first-order valence-electron chi connectivity index (χ1n) is 10.2. The van der Waals surface area contributed by atoms with Crippen molar-refractivity contribution in [1.82, 2.24) is 5.32 Å². The first kappa shape index (κ1) is 22.3. The molecular formula is C23H25FN2O5. The van der Waals surface area contributed by atoms with Crippen molar-refractivity contribution in [3.8, 4) is 11.5 Å². The van der Waals surface area contributed by atoms with Gasteiger partial charge in [-0.15, -0.1) is 0 Å². The Morgan fingerprint density at radius 1 is 1.03 bits per heavy atom. The SMILES string of the molecule is COc1cc(C(=O)C(=O)NC2CCCCC2)ccc1OCC(=O)Nc1ccccc1F. The van der Waals surface area contributed by atoms with Crippen LogP contribution in [0, 0.1) is 5.82 Å². The van der Waals surface area contributed by atoms with Gasteiger partial charge in [-0.3, -0.25) is 14.4 Å². The molecule has 0 spiro atoms. The molecule has 0 atom stereocenters. The van der Waals surface area contributed by atoms with Gasteiger partial charge in [0.15, 0.2) is 18.1 Å². The summed E-state index contributed by atoms with van der Waals surface area (Å²) in [7, 11) is 1.39. The first-order chi connectivity index (χ1) is 15.0. The third-order valence-electron chi connectivity index (χ3n) is 5.08. The molecule has 0 aliphatic heterocycles. The normalized spacial score (nSPS) is 13.9. The summed E-state index contributed by atoms with van der Waals surface area (Å²) >= 11 is 0. The van der Waals surface area contributed by atoms with Crippen LogP contribution in [0.25, 0.3) is 0 Å². The van der Waals surface area contributed by atoms with Crippen LogP contribution in [-0.4, -0.2) is 37.4 Å². The highest BCUT2D eigenvalue weighted by atomic mass is 19.1. The van der Waals surface area contributed by atoms with Gasteiger partial charge in [-0.2, -0.15) is 0 Å². The number of hydrogen-bond donors (Lipinski definition) is 2. The Morgan fingerprint density at radius 2 is 1.77 bits per heavy atom. The summed E-state index contributed by atoms with van der Waals surface area (Å²) in [6.45, 7) is -0.389. The quantitative estimate of drug-likeness (QED) is 0.496. The first-order valence-corrected chi connectivity index (χ1v) is 10.2. The van der Waals surface area contributed by atoms with Crippen LogP contribution in [0.15, 0.2) is 42.5 Å². The van der Waals surface area contributed by atoms with Crippen LogP contribution in [0.5, 0.6) is 11.5 Å². The fraction of sp³-hybridized carbons (Fsp3) is 0.348. The largest absolute Gasteiger partial charge is 0.493 e. The minimum atomic E-state index is -0.660. The molecule has 0 heterocycles. The van der Waals surface area contributed by atoms with Gasteiger partial charge in [0.25, 0.3) is 11.8 Å². The van der Waals surface area contributed by atoms with Gasteiger partial charge < -0.3 is 20.1 Å². The van der Waals surface area contributed by atoms with Crippen LogP contribution in [-0.2, 0) is 9.59 Å². The Hall–Kier alpha value is -3.42. The highest BCUT2D eigenvalue weighted by molar-refractivity contribution is 6.42. The maximum atomic E-state index is 13.6. The fourth-order valence-corrected chi connectivity index (χ4v) is 3.45. The predicted molar refractivity (Wildman–Crippen MR) is 113 cm³/mol. The number of ketones is 1. The van der Waals surface area contributed by atoms with Crippen molar-refractivity contribution in [2.75, 3.05) is 19.0 Å². The van der Waals surface area contributed by atoms with Gasteiger partial charge in [0.05, 0.1) is 12.8 Å². The summed E-state index contributed by atoms with van der Waals surface area (Å²) in [5.74, 6) is -1.99. The average molecular weight is 428 g/mol. The third-order valence-corrected chi connectivity index (χ3v) is 5.08. The molecule has 0 bridgehead atoms. The lowest BCUT2D eigenvalue weighted by Crippen LogP contribution is -2.40. The van der Waals surface area contributed by atoms with Gasteiger partial charge in [-0.25, -0.2) is 4.39 Å². The van der Waals surface area contributed by atoms with E-state index in [1.807, 2.05) is 0 Å². The molecule has 0 saturated heterocycles. The summed E-state index contributed by atoms with van der Waals surface area (Å²) in [6, 6.07) is 10.1. The zero-order valence-electron chi connectivity index (χ0n) is 17.3. The Morgan fingerprint density at radius 3 is 2.48 bits per heavy atom. The lowest BCUT2D eigenvalue weighted by atomic mass is 9.95. The van der Waals surface area contributed by atoms with Crippen molar-refractivity contribution >= 4 is 23.3 Å². The molecule has 2 N–H and O–H groups in total. The number of methoxy groups -OCH3 is 1. The van der Waals surface area contributed by atoms with E-state index in [1.54, 1.807) is 6.07 Å². The topological polar surface area (TPSA) is 93.7 Å². The summed E-state index contributed by atoms with van der Waals surface area (Å²) in [6.07, 6.45) is 5.00. The monoisotopic (exact) mass is 428 g/mol. The van der Waals surface area contributed by atoms with Crippen molar-refractivity contribution < 1.29 is 28.2 Å². The van der Waals surface area contributed by atoms with E-state index >= 15 is 0 Å². The van der Waals surface area contributed by atoms with E-state index in [4.69, 9.17) is 9.47 Å². The second-order valence-electron chi connectivity index (χ2n) is 7.32. The number of carbonyl (C=O) groups excluding carboxylic acids is 3. The standard InChI is InChI=1S/C23H25FN2O5/c1-30-20-13-15(22(28)23(29)25-16-7-3-2-4-8-16)11-12-19(20)31-14-21(27)26-18-10-6-5-9-17(18)24/h5-6,9-13,16H,2-4,7-8,14H2,1H3,(H,25,29)(H,26,27). The van der Waals surface area contributed by atoms with E-state index in [2.05, 4.69) is 10.6 Å². The van der Waals surface area contributed by atoms with Crippen molar-refractivity contribution in [3.63, 3.8) is 0 Å². The molecule has 0 radical (unpaired) electrons. The second-order valence-corrected chi connectivity index (χ2v) is 7.32. The number of nitrogens with one attached hydrogen (secondary N) is 2. The number of rotatable bonds is 8. The van der Waals surface area contributed by atoms with Crippen LogP contribution >= 0.6 is 0 Å². The number of hydrogen-bond acceptors (Lipinski definition) is 5. The van der Waals surface area contributed by atoms with Crippen LogP contribution in [0.3, 0.4) is 0 Å². The zero-order chi connectivity index (χ0) is 22.2. The molecule has 2 amide bonds. The van der Waals surface area contributed by atoms with Gasteiger partial charge >= 0.3 is 0 Å². The lowest BCUT2D eigenvalue weighted by Gasteiger charge is -2.22. The van der Waals surface area contributed by atoms with Crippen molar-refractivity contribution in [2.24, 2.45) is 0 Å². The van der Waals surface area contributed by atoms with Gasteiger partial charge in [-0.05, 0) is 43.2 Å². The smallest absolute Gasteiger partial charge is 0.292 e. The molecule has 0 aromatic heterocycles. The van der Waals surface area contributed by atoms with Gasteiger partial charge in [0.2, 0.25) is 5.78 Å².